The summed E-state index contributed by atoms with van der Waals surface area (Å²) in [7, 11) is 0. The minimum Gasteiger partial charge on any atom is -0.306 e. The van der Waals surface area contributed by atoms with Gasteiger partial charge in [-0.3, -0.25) is 4.79 Å². The van der Waals surface area contributed by atoms with Gasteiger partial charge in [0.1, 0.15) is 5.82 Å². The van der Waals surface area contributed by atoms with Crippen molar-refractivity contribution in [2.75, 3.05) is 5.32 Å². The molecule has 0 fully saturated rings. The molecule has 6 rings (SSSR count). The Bertz CT molecular complexity index is 1530. The van der Waals surface area contributed by atoms with E-state index in [-0.39, 0.29) is 11.8 Å². The molecule has 1 atom stereocenters. The van der Waals surface area contributed by atoms with Gasteiger partial charge in [0.15, 0.2) is 0 Å². The van der Waals surface area contributed by atoms with Crippen molar-refractivity contribution in [3.63, 3.8) is 0 Å². The van der Waals surface area contributed by atoms with Crippen LogP contribution in [-0.2, 0) is 6.42 Å². The largest absolute Gasteiger partial charge is 0.306 e. The van der Waals surface area contributed by atoms with Crippen molar-refractivity contribution in [3.05, 3.63) is 130 Å². The number of benzene rings is 4. The topological polar surface area (TPSA) is 42.0 Å². The molecule has 164 valence electrons. The molecule has 0 saturated heterocycles. The third kappa shape index (κ3) is 3.55. The summed E-state index contributed by atoms with van der Waals surface area (Å²) in [6.07, 6.45) is 0.881. The van der Waals surface area contributed by atoms with Gasteiger partial charge in [-0.2, -0.15) is 0 Å². The van der Waals surface area contributed by atoms with Crippen molar-refractivity contribution in [2.24, 2.45) is 0 Å². The molecule has 1 amide bonds. The van der Waals surface area contributed by atoms with Gasteiger partial charge in [0.25, 0.3) is 5.91 Å². The zero-order valence-electron chi connectivity index (χ0n) is 18.3. The summed E-state index contributed by atoms with van der Waals surface area (Å²) < 4.78 is 0. The van der Waals surface area contributed by atoms with Crippen LogP contribution in [0.1, 0.15) is 33.0 Å². The Kier molecular flexibility index (Phi) is 5.12. The first-order valence-electron chi connectivity index (χ1n) is 11.3. The van der Waals surface area contributed by atoms with Crippen molar-refractivity contribution in [1.82, 2.24) is 4.98 Å². The van der Waals surface area contributed by atoms with E-state index in [0.29, 0.717) is 11.4 Å². The number of carbonyl (C=O) groups excluding carboxylic acids is 1. The van der Waals surface area contributed by atoms with Gasteiger partial charge in [0.05, 0.1) is 5.69 Å². The Morgan fingerprint density at radius 2 is 1.47 bits per heavy atom. The molecular weight excluding hydrogens is 440 g/mol. The van der Waals surface area contributed by atoms with Crippen LogP contribution < -0.4 is 5.32 Å². The minimum atomic E-state index is -0.170. The summed E-state index contributed by atoms with van der Waals surface area (Å²) in [6.45, 7) is 0. The average Bonchev–Trinajstić information content (AvgIpc) is 2.89. The van der Waals surface area contributed by atoms with Crippen molar-refractivity contribution >= 4 is 34.1 Å². The van der Waals surface area contributed by atoms with Gasteiger partial charge in [-0.05, 0) is 52.8 Å². The number of hydrogen-bond acceptors (Lipinski definition) is 2. The maximum atomic E-state index is 13.0. The second-order valence-electron chi connectivity index (χ2n) is 8.55. The smallest absolute Gasteiger partial charge is 0.256 e. The number of rotatable bonds is 3. The number of nitrogens with one attached hydrogen (secondary N) is 1. The maximum absolute atomic E-state index is 13.0. The molecule has 1 aromatic heterocycles. The number of hydrogen-bond donors (Lipinski definition) is 1. The first kappa shape index (κ1) is 20.6. The predicted molar refractivity (Wildman–Crippen MR) is 139 cm³/mol. The van der Waals surface area contributed by atoms with Crippen molar-refractivity contribution in [2.45, 2.75) is 12.3 Å². The number of anilines is 1. The van der Waals surface area contributed by atoms with E-state index in [1.54, 1.807) is 0 Å². The lowest BCUT2D eigenvalue weighted by Crippen LogP contribution is -2.18. The van der Waals surface area contributed by atoms with Crippen LogP contribution in [-0.4, -0.2) is 10.9 Å². The van der Waals surface area contributed by atoms with Crippen LogP contribution in [0, 0.1) is 0 Å². The van der Waals surface area contributed by atoms with Gasteiger partial charge in [-0.25, -0.2) is 4.98 Å². The molecule has 0 unspecified atom stereocenters. The van der Waals surface area contributed by atoms with Crippen LogP contribution in [0.4, 0.5) is 5.82 Å². The van der Waals surface area contributed by atoms with Crippen molar-refractivity contribution in [1.29, 1.82) is 0 Å². The van der Waals surface area contributed by atoms with Gasteiger partial charge < -0.3 is 5.32 Å². The fourth-order valence-corrected chi connectivity index (χ4v) is 5.06. The van der Waals surface area contributed by atoms with E-state index < -0.39 is 0 Å². The van der Waals surface area contributed by atoms with E-state index in [2.05, 4.69) is 41.7 Å². The Labute approximate surface area is 203 Å². The number of amides is 1. The molecule has 0 spiro atoms. The standard InChI is InChI=1S/C30H21ClN2O/c31-22-16-14-19(15-17-22)26-18-21-10-4-5-11-23(21)28-27(26)24-12-6-7-13-25(24)29(32-28)33-30(34)20-8-2-1-3-9-20/h1-17,26H,18H2,(H,32,33,34)/t26-/m1/s1. The van der Waals surface area contributed by atoms with Crippen LogP contribution in [0.5, 0.6) is 0 Å². The average molecular weight is 461 g/mol. The fourth-order valence-electron chi connectivity index (χ4n) is 4.94. The second kappa shape index (κ2) is 8.44. The molecule has 3 nitrogen and oxygen atoms in total. The highest BCUT2D eigenvalue weighted by Crippen LogP contribution is 2.46. The number of carbonyl (C=O) groups is 1. The Morgan fingerprint density at radius 1 is 0.794 bits per heavy atom. The van der Waals surface area contributed by atoms with Gasteiger partial charge in [0, 0.05) is 27.5 Å². The highest BCUT2D eigenvalue weighted by Gasteiger charge is 2.30. The number of aromatic nitrogens is 1. The SMILES string of the molecule is O=C(Nc1nc2c(c3ccccc13)[C@@H](c1ccc(Cl)cc1)Cc1ccccc1-2)c1ccccc1. The molecule has 4 heteroatoms. The Balaban J connectivity index is 1.58. The number of nitrogens with zero attached hydrogens (tertiary/aromatic N) is 1. The molecule has 0 bridgehead atoms. The highest BCUT2D eigenvalue weighted by molar-refractivity contribution is 6.30. The third-order valence-electron chi connectivity index (χ3n) is 6.54. The van der Waals surface area contributed by atoms with Crippen LogP contribution in [0.2, 0.25) is 5.02 Å². The Morgan fingerprint density at radius 3 is 2.26 bits per heavy atom. The van der Waals surface area contributed by atoms with Crippen molar-refractivity contribution in [3.8, 4) is 11.3 Å². The first-order chi connectivity index (χ1) is 16.7. The first-order valence-corrected chi connectivity index (χ1v) is 11.7. The molecule has 34 heavy (non-hydrogen) atoms. The third-order valence-corrected chi connectivity index (χ3v) is 6.79. The molecular formula is C30H21ClN2O. The number of pyridine rings is 1. The summed E-state index contributed by atoms with van der Waals surface area (Å²) in [6, 6.07) is 33.9. The van der Waals surface area contributed by atoms with Gasteiger partial charge in [-0.1, -0.05) is 90.5 Å². The van der Waals surface area contributed by atoms with E-state index >= 15 is 0 Å². The highest BCUT2D eigenvalue weighted by atomic mass is 35.5. The lowest BCUT2D eigenvalue weighted by atomic mass is 9.76. The molecule has 0 radical (unpaired) electrons. The summed E-state index contributed by atoms with van der Waals surface area (Å²) in [4.78, 5) is 18.1. The van der Waals surface area contributed by atoms with Crippen LogP contribution in [0.25, 0.3) is 22.0 Å². The maximum Gasteiger partial charge on any atom is 0.256 e. The summed E-state index contributed by atoms with van der Waals surface area (Å²) >= 11 is 6.19. The zero-order valence-corrected chi connectivity index (χ0v) is 19.1. The molecule has 4 aromatic carbocycles. The molecule has 5 aromatic rings. The van der Waals surface area contributed by atoms with Gasteiger partial charge in [0.2, 0.25) is 0 Å². The quantitative estimate of drug-likeness (QED) is 0.303. The van der Waals surface area contributed by atoms with E-state index in [1.807, 2.05) is 66.7 Å². The van der Waals surface area contributed by atoms with Crippen molar-refractivity contribution < 1.29 is 4.79 Å². The fraction of sp³-hybridized carbons (Fsp3) is 0.0667. The van der Waals surface area contributed by atoms with E-state index in [9.17, 15) is 4.79 Å². The van der Waals surface area contributed by atoms with E-state index in [1.165, 1.54) is 16.7 Å². The predicted octanol–water partition coefficient (Wildman–Crippen LogP) is 7.50. The summed E-state index contributed by atoms with van der Waals surface area (Å²) in [5.41, 5.74) is 6.28. The van der Waals surface area contributed by atoms with Gasteiger partial charge >= 0.3 is 0 Å². The van der Waals surface area contributed by atoms with Crippen LogP contribution in [0.3, 0.4) is 0 Å². The van der Waals surface area contributed by atoms with E-state index in [0.717, 1.165) is 33.5 Å². The number of fused-ring (bicyclic) bond motifs is 5. The molecule has 1 heterocycles. The normalized spacial score (nSPS) is 14.3. The number of halogens is 1. The zero-order chi connectivity index (χ0) is 23.1. The summed E-state index contributed by atoms with van der Waals surface area (Å²) in [5.74, 6) is 0.546. The lowest BCUT2D eigenvalue weighted by Gasteiger charge is -2.30. The van der Waals surface area contributed by atoms with Crippen LogP contribution >= 0.6 is 11.6 Å². The van der Waals surface area contributed by atoms with E-state index in [4.69, 9.17) is 16.6 Å². The molecule has 0 aliphatic heterocycles. The molecule has 1 N–H and O–H groups in total. The molecule has 0 saturated carbocycles. The lowest BCUT2D eigenvalue weighted by molar-refractivity contribution is 0.102. The second-order valence-corrected chi connectivity index (χ2v) is 8.99. The van der Waals surface area contributed by atoms with Crippen LogP contribution in [0.15, 0.2) is 103 Å². The molecule has 1 aliphatic carbocycles. The summed E-state index contributed by atoms with van der Waals surface area (Å²) in [5, 5.41) is 5.84. The molecule has 1 aliphatic rings. The monoisotopic (exact) mass is 460 g/mol. The van der Waals surface area contributed by atoms with Gasteiger partial charge in [-0.15, -0.1) is 0 Å². The minimum absolute atomic E-state index is 0.137. The Hall–Kier alpha value is -3.95.